The Morgan fingerprint density at radius 1 is 0.917 bits per heavy atom. The molecule has 0 radical (unpaired) electrons. The van der Waals surface area contributed by atoms with Crippen molar-refractivity contribution in [1.82, 2.24) is 10.2 Å². The van der Waals surface area contributed by atoms with Crippen molar-refractivity contribution in [1.29, 1.82) is 0 Å². The maximum atomic E-state index is 12.4. The highest BCUT2D eigenvalue weighted by Crippen LogP contribution is 2.36. The Labute approximate surface area is 143 Å². The van der Waals surface area contributed by atoms with Gasteiger partial charge in [-0.3, -0.25) is 9.69 Å². The first kappa shape index (κ1) is 15.4. The number of nitrogens with one attached hydrogen (secondary N) is 1. The molecule has 4 rings (SSSR count). The lowest BCUT2D eigenvalue weighted by molar-refractivity contribution is 0.0828. The van der Waals surface area contributed by atoms with Crippen molar-refractivity contribution in [3.8, 4) is 0 Å². The molecule has 2 aliphatic rings. The molecule has 1 N–H and O–H groups in total. The van der Waals surface area contributed by atoms with Crippen molar-refractivity contribution in [3.05, 3.63) is 71.8 Å². The lowest BCUT2D eigenvalue weighted by Crippen LogP contribution is -2.49. The number of hydrogen-bond acceptors (Lipinski definition) is 2. The third kappa shape index (κ3) is 3.22. The van der Waals surface area contributed by atoms with Gasteiger partial charge in [0.2, 0.25) is 0 Å². The summed E-state index contributed by atoms with van der Waals surface area (Å²) in [6.45, 7) is 1.04. The summed E-state index contributed by atoms with van der Waals surface area (Å²) in [4.78, 5) is 15.0. The van der Waals surface area contributed by atoms with Crippen molar-refractivity contribution in [2.75, 3.05) is 0 Å². The minimum absolute atomic E-state index is 0.0662. The zero-order chi connectivity index (χ0) is 16.4. The summed E-state index contributed by atoms with van der Waals surface area (Å²) in [5, 5.41) is 3.25. The van der Waals surface area contributed by atoms with E-state index in [4.69, 9.17) is 0 Å². The third-order valence-electron chi connectivity index (χ3n) is 5.46. The molecule has 2 heterocycles. The van der Waals surface area contributed by atoms with Crippen LogP contribution < -0.4 is 5.32 Å². The van der Waals surface area contributed by atoms with Gasteiger partial charge in [-0.15, -0.1) is 0 Å². The Morgan fingerprint density at radius 2 is 1.50 bits per heavy atom. The van der Waals surface area contributed by atoms with Gasteiger partial charge < -0.3 is 5.32 Å². The van der Waals surface area contributed by atoms with Crippen molar-refractivity contribution in [2.24, 2.45) is 0 Å². The maximum Gasteiger partial charge on any atom is 0.251 e. The largest absolute Gasteiger partial charge is 0.349 e. The Balaban J connectivity index is 1.38. The molecular weight excluding hydrogens is 296 g/mol. The number of benzene rings is 2. The Kier molecular flexibility index (Phi) is 4.35. The van der Waals surface area contributed by atoms with Gasteiger partial charge in [0.1, 0.15) is 0 Å². The SMILES string of the molecule is O=C(NC1CC2CCC(C1)N2Cc1ccccc1)c1ccccc1. The topological polar surface area (TPSA) is 32.3 Å². The third-order valence-corrected chi connectivity index (χ3v) is 5.46. The first-order valence-electron chi connectivity index (χ1n) is 8.95. The van der Waals surface area contributed by atoms with Crippen LogP contribution in [-0.2, 0) is 6.54 Å². The van der Waals surface area contributed by atoms with E-state index < -0.39 is 0 Å². The fourth-order valence-electron chi connectivity index (χ4n) is 4.30. The van der Waals surface area contributed by atoms with E-state index in [0.717, 1.165) is 24.9 Å². The van der Waals surface area contributed by atoms with E-state index in [1.807, 2.05) is 30.3 Å². The summed E-state index contributed by atoms with van der Waals surface area (Å²) in [5.74, 6) is 0.0662. The maximum absolute atomic E-state index is 12.4. The Bertz CT molecular complexity index is 671. The second kappa shape index (κ2) is 6.78. The molecule has 1 amide bonds. The fraction of sp³-hybridized carbons (Fsp3) is 0.381. The molecule has 2 atom stereocenters. The highest BCUT2D eigenvalue weighted by Gasteiger charge is 2.40. The van der Waals surface area contributed by atoms with E-state index in [-0.39, 0.29) is 5.91 Å². The number of piperidine rings is 1. The van der Waals surface area contributed by atoms with Crippen molar-refractivity contribution in [2.45, 2.75) is 50.4 Å². The summed E-state index contributed by atoms with van der Waals surface area (Å²) < 4.78 is 0. The molecule has 0 aromatic heterocycles. The van der Waals surface area contributed by atoms with E-state index >= 15 is 0 Å². The van der Waals surface area contributed by atoms with E-state index in [1.54, 1.807) is 0 Å². The minimum atomic E-state index is 0.0662. The normalized spacial score (nSPS) is 26.2. The molecule has 2 bridgehead atoms. The molecule has 0 spiro atoms. The fourth-order valence-corrected chi connectivity index (χ4v) is 4.30. The number of hydrogen-bond donors (Lipinski definition) is 1. The quantitative estimate of drug-likeness (QED) is 0.933. The van der Waals surface area contributed by atoms with Gasteiger partial charge in [0.05, 0.1) is 0 Å². The van der Waals surface area contributed by atoms with Gasteiger partial charge >= 0.3 is 0 Å². The monoisotopic (exact) mass is 320 g/mol. The Hall–Kier alpha value is -2.13. The zero-order valence-electron chi connectivity index (χ0n) is 13.9. The zero-order valence-corrected chi connectivity index (χ0v) is 13.9. The molecule has 2 saturated heterocycles. The lowest BCUT2D eigenvalue weighted by Gasteiger charge is -2.39. The van der Waals surface area contributed by atoms with Crippen molar-refractivity contribution in [3.63, 3.8) is 0 Å². The molecule has 0 aliphatic carbocycles. The van der Waals surface area contributed by atoms with Crippen LogP contribution in [0.25, 0.3) is 0 Å². The number of rotatable bonds is 4. The minimum Gasteiger partial charge on any atom is -0.349 e. The van der Waals surface area contributed by atoms with Crippen LogP contribution in [0.2, 0.25) is 0 Å². The summed E-state index contributed by atoms with van der Waals surface area (Å²) in [6, 6.07) is 21.8. The number of amides is 1. The number of carbonyl (C=O) groups excluding carboxylic acids is 1. The van der Waals surface area contributed by atoms with E-state index in [0.29, 0.717) is 18.1 Å². The van der Waals surface area contributed by atoms with Gasteiger partial charge in [0.15, 0.2) is 0 Å². The van der Waals surface area contributed by atoms with Crippen LogP contribution >= 0.6 is 0 Å². The highest BCUT2D eigenvalue weighted by atomic mass is 16.1. The number of carbonyl (C=O) groups is 1. The van der Waals surface area contributed by atoms with E-state index in [2.05, 4.69) is 40.5 Å². The average Bonchev–Trinajstić information content (AvgIpc) is 2.86. The van der Waals surface area contributed by atoms with E-state index in [1.165, 1.54) is 18.4 Å². The lowest BCUT2D eigenvalue weighted by atomic mass is 9.96. The van der Waals surface area contributed by atoms with Crippen LogP contribution in [0, 0.1) is 0 Å². The first-order valence-corrected chi connectivity index (χ1v) is 8.95. The van der Waals surface area contributed by atoms with Gasteiger partial charge in [-0.2, -0.15) is 0 Å². The van der Waals surface area contributed by atoms with Crippen molar-refractivity contribution >= 4 is 5.91 Å². The highest BCUT2D eigenvalue weighted by molar-refractivity contribution is 5.94. The summed E-state index contributed by atoms with van der Waals surface area (Å²) >= 11 is 0. The standard InChI is InChI=1S/C21H24N2O/c24-21(17-9-5-2-6-10-17)22-18-13-19-11-12-20(14-18)23(19)15-16-7-3-1-4-8-16/h1-10,18-20H,11-15H2,(H,22,24). The second-order valence-corrected chi connectivity index (χ2v) is 7.05. The van der Waals surface area contributed by atoms with Crippen LogP contribution in [-0.4, -0.2) is 28.9 Å². The summed E-state index contributed by atoms with van der Waals surface area (Å²) in [5.41, 5.74) is 2.15. The molecule has 3 nitrogen and oxygen atoms in total. The van der Waals surface area contributed by atoms with Gasteiger partial charge in [-0.1, -0.05) is 48.5 Å². The van der Waals surface area contributed by atoms with Gasteiger partial charge in [-0.25, -0.2) is 0 Å². The summed E-state index contributed by atoms with van der Waals surface area (Å²) in [6.07, 6.45) is 4.66. The molecule has 2 aliphatic heterocycles. The molecule has 2 aromatic rings. The molecule has 2 fully saturated rings. The molecule has 24 heavy (non-hydrogen) atoms. The summed E-state index contributed by atoms with van der Waals surface area (Å²) in [7, 11) is 0. The Morgan fingerprint density at radius 3 is 2.12 bits per heavy atom. The first-order chi connectivity index (χ1) is 11.8. The predicted molar refractivity (Wildman–Crippen MR) is 95.7 cm³/mol. The molecular formula is C21H24N2O. The molecule has 124 valence electrons. The van der Waals surface area contributed by atoms with Crippen LogP contribution in [0.5, 0.6) is 0 Å². The van der Waals surface area contributed by atoms with Crippen LogP contribution in [0.15, 0.2) is 60.7 Å². The molecule has 2 unspecified atom stereocenters. The molecule has 3 heteroatoms. The van der Waals surface area contributed by atoms with Gasteiger partial charge in [-0.05, 0) is 43.4 Å². The molecule has 2 aromatic carbocycles. The van der Waals surface area contributed by atoms with Crippen LogP contribution in [0.4, 0.5) is 0 Å². The van der Waals surface area contributed by atoms with E-state index in [9.17, 15) is 4.79 Å². The predicted octanol–water partition coefficient (Wildman–Crippen LogP) is 3.61. The van der Waals surface area contributed by atoms with Crippen molar-refractivity contribution < 1.29 is 4.79 Å². The average molecular weight is 320 g/mol. The smallest absolute Gasteiger partial charge is 0.251 e. The van der Waals surface area contributed by atoms with Crippen LogP contribution in [0.1, 0.15) is 41.6 Å². The number of fused-ring (bicyclic) bond motifs is 2. The van der Waals surface area contributed by atoms with Gasteiger partial charge in [0, 0.05) is 30.2 Å². The number of nitrogens with zero attached hydrogens (tertiary/aromatic N) is 1. The molecule has 0 saturated carbocycles. The van der Waals surface area contributed by atoms with Gasteiger partial charge in [0.25, 0.3) is 5.91 Å². The second-order valence-electron chi connectivity index (χ2n) is 7.05. The van der Waals surface area contributed by atoms with Crippen LogP contribution in [0.3, 0.4) is 0 Å².